The Morgan fingerprint density at radius 3 is 1.89 bits per heavy atom. The van der Waals surface area contributed by atoms with Crippen molar-refractivity contribution in [1.29, 1.82) is 0 Å². The molecule has 0 aliphatic carbocycles. The fraction of sp³-hybridized carbons (Fsp3) is 0.619. The van der Waals surface area contributed by atoms with Gasteiger partial charge < -0.3 is 19.6 Å². The first-order chi connectivity index (χ1) is 12.7. The van der Waals surface area contributed by atoms with Gasteiger partial charge in [0.25, 0.3) is 5.91 Å². The summed E-state index contributed by atoms with van der Waals surface area (Å²) in [7, 11) is 0. The monoisotopic (exact) mass is 374 g/mol. The van der Waals surface area contributed by atoms with Crippen LogP contribution in [0.5, 0.6) is 5.75 Å². The molecule has 2 heterocycles. The van der Waals surface area contributed by atoms with E-state index < -0.39 is 5.60 Å². The SMILES string of the molecule is CC(C)(C)OC(=O)N1CCC2(CC1)CCN(C(=O)c1ccc(O)cc1)CC2. The van der Waals surface area contributed by atoms with Crippen LogP contribution in [0.4, 0.5) is 4.79 Å². The smallest absolute Gasteiger partial charge is 0.410 e. The summed E-state index contributed by atoms with van der Waals surface area (Å²) in [6.07, 6.45) is 3.65. The Balaban J connectivity index is 1.51. The lowest BCUT2D eigenvalue weighted by molar-refractivity contribution is -0.00113. The Bertz CT molecular complexity index is 675. The average Bonchev–Trinajstić information content (AvgIpc) is 2.62. The molecule has 2 aliphatic heterocycles. The van der Waals surface area contributed by atoms with Crippen LogP contribution >= 0.6 is 0 Å². The van der Waals surface area contributed by atoms with Crippen molar-refractivity contribution in [1.82, 2.24) is 9.80 Å². The van der Waals surface area contributed by atoms with E-state index in [0.717, 1.165) is 51.9 Å². The topological polar surface area (TPSA) is 70.1 Å². The van der Waals surface area contributed by atoms with Crippen molar-refractivity contribution in [3.63, 3.8) is 0 Å². The average molecular weight is 374 g/mol. The highest BCUT2D eigenvalue weighted by Gasteiger charge is 2.40. The summed E-state index contributed by atoms with van der Waals surface area (Å²) >= 11 is 0. The summed E-state index contributed by atoms with van der Waals surface area (Å²) in [5.74, 6) is 0.192. The lowest BCUT2D eigenvalue weighted by Gasteiger charge is -2.46. The van der Waals surface area contributed by atoms with Gasteiger partial charge >= 0.3 is 6.09 Å². The molecule has 6 nitrogen and oxygen atoms in total. The number of aromatic hydroxyl groups is 1. The number of likely N-dealkylation sites (tertiary alicyclic amines) is 2. The lowest BCUT2D eigenvalue weighted by Crippen LogP contribution is -2.50. The van der Waals surface area contributed by atoms with Crippen molar-refractivity contribution in [2.45, 2.75) is 52.1 Å². The first kappa shape index (κ1) is 19.5. The second-order valence-corrected chi connectivity index (χ2v) is 8.81. The number of hydrogen-bond donors (Lipinski definition) is 1. The Morgan fingerprint density at radius 2 is 1.41 bits per heavy atom. The minimum absolute atomic E-state index is 0.0241. The van der Waals surface area contributed by atoms with Crippen molar-refractivity contribution in [2.75, 3.05) is 26.2 Å². The van der Waals surface area contributed by atoms with Crippen LogP contribution in [0.3, 0.4) is 0 Å². The molecule has 0 radical (unpaired) electrons. The number of hydrogen-bond acceptors (Lipinski definition) is 4. The van der Waals surface area contributed by atoms with Crippen LogP contribution < -0.4 is 0 Å². The summed E-state index contributed by atoms with van der Waals surface area (Å²) in [5, 5.41) is 9.38. The number of amides is 2. The van der Waals surface area contributed by atoms with Gasteiger partial charge in [0.2, 0.25) is 0 Å². The van der Waals surface area contributed by atoms with Gasteiger partial charge in [0.05, 0.1) is 0 Å². The molecule has 1 spiro atoms. The van der Waals surface area contributed by atoms with Crippen LogP contribution in [0, 0.1) is 5.41 Å². The molecule has 27 heavy (non-hydrogen) atoms. The predicted octanol–water partition coefficient (Wildman–Crippen LogP) is 3.65. The van der Waals surface area contributed by atoms with Crippen LogP contribution in [0.15, 0.2) is 24.3 Å². The van der Waals surface area contributed by atoms with Gasteiger partial charge in [0.1, 0.15) is 11.4 Å². The maximum atomic E-state index is 12.6. The van der Waals surface area contributed by atoms with E-state index >= 15 is 0 Å². The van der Waals surface area contributed by atoms with Crippen molar-refractivity contribution < 1.29 is 19.4 Å². The zero-order chi connectivity index (χ0) is 19.7. The van der Waals surface area contributed by atoms with E-state index in [9.17, 15) is 14.7 Å². The second-order valence-electron chi connectivity index (χ2n) is 8.81. The first-order valence-electron chi connectivity index (χ1n) is 9.74. The molecule has 0 atom stereocenters. The number of carbonyl (C=O) groups is 2. The predicted molar refractivity (Wildman–Crippen MR) is 103 cm³/mol. The van der Waals surface area contributed by atoms with E-state index in [1.165, 1.54) is 0 Å². The van der Waals surface area contributed by atoms with Gasteiger partial charge in [-0.05, 0) is 76.1 Å². The molecule has 2 aliphatic rings. The molecule has 1 aromatic rings. The van der Waals surface area contributed by atoms with Gasteiger partial charge in [-0.1, -0.05) is 0 Å². The molecule has 2 amide bonds. The van der Waals surface area contributed by atoms with Gasteiger partial charge in [-0.2, -0.15) is 0 Å². The third kappa shape index (κ3) is 4.73. The van der Waals surface area contributed by atoms with Crippen LogP contribution in [-0.4, -0.2) is 58.7 Å². The third-order valence-electron chi connectivity index (χ3n) is 5.70. The van der Waals surface area contributed by atoms with Crippen LogP contribution in [0.1, 0.15) is 56.8 Å². The second kappa shape index (κ2) is 7.41. The fourth-order valence-electron chi connectivity index (χ4n) is 3.96. The number of phenols is 1. The van der Waals surface area contributed by atoms with E-state index in [1.807, 2.05) is 30.6 Å². The van der Waals surface area contributed by atoms with Crippen molar-refractivity contribution in [3.05, 3.63) is 29.8 Å². The summed E-state index contributed by atoms with van der Waals surface area (Å²) in [6, 6.07) is 6.43. The molecule has 6 heteroatoms. The number of benzene rings is 1. The Labute approximate surface area is 161 Å². The number of nitrogens with zero attached hydrogens (tertiary/aromatic N) is 2. The summed E-state index contributed by atoms with van der Waals surface area (Å²) in [5.41, 5.74) is 0.375. The third-order valence-corrected chi connectivity index (χ3v) is 5.70. The standard InChI is InChI=1S/C21H30N2O4/c1-20(2,3)27-19(26)23-14-10-21(11-15-23)8-12-22(13-9-21)18(25)16-4-6-17(24)7-5-16/h4-7,24H,8-15H2,1-3H3. The van der Waals surface area contributed by atoms with Crippen LogP contribution in [0.2, 0.25) is 0 Å². The highest BCUT2D eigenvalue weighted by Crippen LogP contribution is 2.41. The Kier molecular flexibility index (Phi) is 5.36. The van der Waals surface area contributed by atoms with Crippen molar-refractivity contribution in [3.8, 4) is 5.75 Å². The maximum absolute atomic E-state index is 12.6. The zero-order valence-electron chi connectivity index (χ0n) is 16.5. The van der Waals surface area contributed by atoms with E-state index in [-0.39, 0.29) is 23.2 Å². The van der Waals surface area contributed by atoms with E-state index in [1.54, 1.807) is 24.3 Å². The number of piperidine rings is 2. The molecular formula is C21H30N2O4. The maximum Gasteiger partial charge on any atom is 0.410 e. The molecule has 1 N–H and O–H groups in total. The van der Waals surface area contributed by atoms with Gasteiger partial charge in [-0.3, -0.25) is 4.79 Å². The number of phenolic OH excluding ortho intramolecular Hbond substituents is 1. The summed E-state index contributed by atoms with van der Waals surface area (Å²) in [6.45, 7) is 8.59. The van der Waals surface area contributed by atoms with Gasteiger partial charge in [-0.15, -0.1) is 0 Å². The number of carbonyl (C=O) groups excluding carboxylic acids is 2. The quantitative estimate of drug-likeness (QED) is 0.815. The van der Waals surface area contributed by atoms with Crippen molar-refractivity contribution >= 4 is 12.0 Å². The zero-order valence-corrected chi connectivity index (χ0v) is 16.5. The number of ether oxygens (including phenoxy) is 1. The van der Waals surface area contributed by atoms with E-state index in [0.29, 0.717) is 5.56 Å². The molecule has 0 saturated carbocycles. The van der Waals surface area contributed by atoms with Gasteiger partial charge in [-0.25, -0.2) is 4.79 Å². The first-order valence-corrected chi connectivity index (χ1v) is 9.74. The Morgan fingerprint density at radius 1 is 0.926 bits per heavy atom. The van der Waals surface area contributed by atoms with Crippen molar-refractivity contribution in [2.24, 2.45) is 5.41 Å². The normalized spacial score (nSPS) is 19.8. The molecule has 2 saturated heterocycles. The molecule has 1 aromatic carbocycles. The summed E-state index contributed by atoms with van der Waals surface area (Å²) < 4.78 is 5.48. The molecule has 0 bridgehead atoms. The van der Waals surface area contributed by atoms with Gasteiger partial charge in [0, 0.05) is 31.7 Å². The molecule has 148 valence electrons. The van der Waals surface area contributed by atoms with Crippen LogP contribution in [0.25, 0.3) is 0 Å². The van der Waals surface area contributed by atoms with Crippen LogP contribution in [-0.2, 0) is 4.74 Å². The van der Waals surface area contributed by atoms with E-state index in [4.69, 9.17) is 4.74 Å². The highest BCUT2D eigenvalue weighted by molar-refractivity contribution is 5.94. The molecule has 2 fully saturated rings. The molecule has 0 unspecified atom stereocenters. The highest BCUT2D eigenvalue weighted by atomic mass is 16.6. The molecule has 0 aromatic heterocycles. The Hall–Kier alpha value is -2.24. The van der Waals surface area contributed by atoms with E-state index in [2.05, 4.69) is 0 Å². The van der Waals surface area contributed by atoms with Gasteiger partial charge in [0.15, 0.2) is 0 Å². The minimum atomic E-state index is -0.466. The lowest BCUT2D eigenvalue weighted by atomic mass is 9.71. The summed E-state index contributed by atoms with van der Waals surface area (Å²) in [4.78, 5) is 28.6. The number of rotatable bonds is 1. The largest absolute Gasteiger partial charge is 0.508 e. The minimum Gasteiger partial charge on any atom is -0.508 e. The fourth-order valence-corrected chi connectivity index (χ4v) is 3.96. The molecular weight excluding hydrogens is 344 g/mol. The molecule has 3 rings (SSSR count).